The van der Waals surface area contributed by atoms with Crippen LogP contribution in [-0.2, 0) is 9.30 Å². The van der Waals surface area contributed by atoms with Gasteiger partial charge in [-0.15, -0.1) is 0 Å². The third-order valence-corrected chi connectivity index (χ3v) is 4.28. The van der Waals surface area contributed by atoms with Gasteiger partial charge in [-0.25, -0.2) is 4.79 Å². The number of nitrogens with zero attached hydrogens (tertiary/aromatic N) is 1. The first kappa shape index (κ1) is 17.0. The van der Waals surface area contributed by atoms with Gasteiger partial charge in [0.05, 0.1) is 6.10 Å². The molecule has 22 heavy (non-hydrogen) atoms. The van der Waals surface area contributed by atoms with E-state index in [1.165, 1.54) is 0 Å². The van der Waals surface area contributed by atoms with E-state index in [2.05, 4.69) is 0 Å². The fourth-order valence-corrected chi connectivity index (χ4v) is 2.61. The number of aliphatic hydroxyl groups is 3. The summed E-state index contributed by atoms with van der Waals surface area (Å²) in [4.78, 5) is 42.2. The van der Waals surface area contributed by atoms with Crippen LogP contribution in [0, 0.1) is 0 Å². The molecule has 11 nitrogen and oxygen atoms in total. The minimum atomic E-state index is -4.80. The van der Waals surface area contributed by atoms with Crippen LogP contribution in [0.15, 0.2) is 21.9 Å². The Morgan fingerprint density at radius 2 is 1.95 bits per heavy atom. The number of aliphatic hydroxyl groups excluding tert-OH is 3. The molecule has 2 rings (SSSR count). The van der Waals surface area contributed by atoms with Gasteiger partial charge in [0.15, 0.2) is 12.1 Å². The molecule has 0 bridgehead atoms. The molecule has 1 aliphatic rings. The highest BCUT2D eigenvalue weighted by atomic mass is 31.2. The molecule has 1 aromatic rings. The maximum absolute atomic E-state index is 11.6. The zero-order chi connectivity index (χ0) is 16.7. The summed E-state index contributed by atoms with van der Waals surface area (Å²) in [5.74, 6) is -2.08. The summed E-state index contributed by atoms with van der Waals surface area (Å²) >= 11 is 0. The van der Waals surface area contributed by atoms with E-state index >= 15 is 0 Å². The molecule has 1 fully saturated rings. The summed E-state index contributed by atoms with van der Waals surface area (Å²) in [6.07, 6.45) is -5.43. The Morgan fingerprint density at radius 1 is 1.32 bits per heavy atom. The zero-order valence-electron chi connectivity index (χ0n) is 11.0. The fraction of sp³-hybridized carbons (Fsp3) is 0.600. The van der Waals surface area contributed by atoms with Gasteiger partial charge in [-0.3, -0.25) is 18.9 Å². The van der Waals surface area contributed by atoms with Crippen LogP contribution in [0.25, 0.3) is 0 Å². The van der Waals surface area contributed by atoms with Crippen molar-refractivity contribution < 1.29 is 34.4 Å². The molecule has 5 atom stereocenters. The molecule has 124 valence electrons. The minimum absolute atomic E-state index is 0.642. The summed E-state index contributed by atoms with van der Waals surface area (Å²) in [5.41, 5.74) is -1.55. The average Bonchev–Trinajstić information content (AvgIpc) is 2.66. The molecular formula is C10H15N2O9P. The number of rotatable bonds is 4. The Labute approximate surface area is 122 Å². The highest BCUT2D eigenvalue weighted by molar-refractivity contribution is 7.52. The van der Waals surface area contributed by atoms with Crippen molar-refractivity contribution >= 4 is 7.60 Å². The van der Waals surface area contributed by atoms with E-state index in [0.717, 1.165) is 16.8 Å². The molecule has 1 saturated heterocycles. The standard InChI is InChI=1S/C10H15N2O9P/c13-5-1-2-12(10(17)11-5)9-8(16)7(15)4(21-9)3-6(14)22(18,19)20/h1-2,4,6-9,14-16H,3H2,(H,11,13,17)(H2,18,19,20)/t4-,6?,7-,8-,9-/m1/s1. The van der Waals surface area contributed by atoms with Crippen LogP contribution in [0.2, 0.25) is 0 Å². The second-order valence-electron chi connectivity index (χ2n) is 4.87. The van der Waals surface area contributed by atoms with Crippen molar-refractivity contribution in [2.75, 3.05) is 0 Å². The van der Waals surface area contributed by atoms with Gasteiger partial charge in [-0.1, -0.05) is 0 Å². The monoisotopic (exact) mass is 338 g/mol. The maximum Gasteiger partial charge on any atom is 0.353 e. The van der Waals surface area contributed by atoms with Crippen LogP contribution in [-0.4, -0.2) is 58.8 Å². The maximum atomic E-state index is 11.6. The van der Waals surface area contributed by atoms with Crippen LogP contribution in [0.1, 0.15) is 12.6 Å². The van der Waals surface area contributed by atoms with Crippen LogP contribution in [0.5, 0.6) is 0 Å². The predicted octanol–water partition coefficient (Wildman–Crippen LogP) is -2.96. The Kier molecular flexibility index (Phi) is 4.68. The quantitative estimate of drug-likeness (QED) is 0.312. The van der Waals surface area contributed by atoms with Crippen molar-refractivity contribution in [3.8, 4) is 0 Å². The highest BCUT2D eigenvalue weighted by Gasteiger charge is 2.46. The second-order valence-corrected chi connectivity index (χ2v) is 6.64. The molecule has 0 radical (unpaired) electrons. The Hall–Kier alpha value is -1.33. The number of H-pyrrole nitrogens is 1. The normalized spacial score (nSPS) is 30.4. The third kappa shape index (κ3) is 3.36. The lowest BCUT2D eigenvalue weighted by molar-refractivity contribution is -0.0486. The van der Waals surface area contributed by atoms with Crippen LogP contribution < -0.4 is 11.2 Å². The molecule has 0 aliphatic carbocycles. The summed E-state index contributed by atoms with van der Waals surface area (Å²) in [5, 5.41) is 29.1. The number of ether oxygens (including phenoxy) is 1. The van der Waals surface area contributed by atoms with E-state index in [-0.39, 0.29) is 0 Å². The number of aromatic nitrogens is 2. The van der Waals surface area contributed by atoms with E-state index in [0.29, 0.717) is 0 Å². The number of nitrogens with one attached hydrogen (secondary N) is 1. The van der Waals surface area contributed by atoms with E-state index < -0.39 is 55.7 Å². The van der Waals surface area contributed by atoms with Gasteiger partial charge >= 0.3 is 13.3 Å². The number of aromatic amines is 1. The first-order chi connectivity index (χ1) is 10.1. The Bertz CT molecular complexity index is 694. The van der Waals surface area contributed by atoms with Gasteiger partial charge in [0, 0.05) is 18.7 Å². The van der Waals surface area contributed by atoms with Gasteiger partial charge in [-0.05, 0) is 0 Å². The fourth-order valence-electron chi connectivity index (χ4n) is 2.13. The molecule has 0 amide bonds. The molecule has 6 N–H and O–H groups in total. The van der Waals surface area contributed by atoms with Gasteiger partial charge in [0.25, 0.3) is 5.56 Å². The van der Waals surface area contributed by atoms with Crippen LogP contribution >= 0.6 is 7.60 Å². The molecular weight excluding hydrogens is 323 g/mol. The smallest absolute Gasteiger partial charge is 0.353 e. The van der Waals surface area contributed by atoms with Crippen molar-refractivity contribution in [1.29, 1.82) is 0 Å². The van der Waals surface area contributed by atoms with E-state index in [1.807, 2.05) is 4.98 Å². The van der Waals surface area contributed by atoms with Crippen molar-refractivity contribution in [3.05, 3.63) is 33.1 Å². The molecule has 1 aromatic heterocycles. The van der Waals surface area contributed by atoms with Crippen molar-refractivity contribution in [2.45, 2.75) is 36.8 Å². The molecule has 0 spiro atoms. The molecule has 12 heteroatoms. The predicted molar refractivity (Wildman–Crippen MR) is 69.9 cm³/mol. The summed E-state index contributed by atoms with van der Waals surface area (Å²) < 4.78 is 16.9. The van der Waals surface area contributed by atoms with Crippen LogP contribution in [0.4, 0.5) is 0 Å². The summed E-state index contributed by atoms with van der Waals surface area (Å²) in [7, 11) is -4.80. The number of hydrogen-bond acceptors (Lipinski definition) is 7. The first-order valence-electron chi connectivity index (χ1n) is 6.17. The van der Waals surface area contributed by atoms with Gasteiger partial charge in [-0.2, -0.15) is 0 Å². The lowest BCUT2D eigenvalue weighted by Crippen LogP contribution is -2.37. The average molecular weight is 338 g/mol. The van der Waals surface area contributed by atoms with Crippen molar-refractivity contribution in [3.63, 3.8) is 0 Å². The molecule has 0 aromatic carbocycles. The van der Waals surface area contributed by atoms with Gasteiger partial charge < -0.3 is 29.8 Å². The lowest BCUT2D eigenvalue weighted by atomic mass is 10.1. The SMILES string of the molecule is O=c1ccn([C@@H]2O[C@H](CC(O)P(=O)(O)O)[C@@H](O)[C@H]2O)c(=O)[nH]1. The van der Waals surface area contributed by atoms with Gasteiger partial charge in [0.1, 0.15) is 12.2 Å². The Morgan fingerprint density at radius 3 is 2.50 bits per heavy atom. The van der Waals surface area contributed by atoms with Crippen molar-refractivity contribution in [1.82, 2.24) is 9.55 Å². The third-order valence-electron chi connectivity index (χ3n) is 3.29. The summed E-state index contributed by atoms with van der Waals surface area (Å²) in [6, 6.07) is 1.00. The van der Waals surface area contributed by atoms with E-state index in [4.69, 9.17) is 14.5 Å². The lowest BCUT2D eigenvalue weighted by Gasteiger charge is -2.19. The summed E-state index contributed by atoms with van der Waals surface area (Å²) in [6.45, 7) is 0. The first-order valence-corrected chi connectivity index (χ1v) is 7.86. The van der Waals surface area contributed by atoms with Gasteiger partial charge in [0.2, 0.25) is 0 Å². The Balaban J connectivity index is 2.22. The molecule has 2 heterocycles. The zero-order valence-corrected chi connectivity index (χ0v) is 11.9. The second kappa shape index (κ2) is 6.05. The van der Waals surface area contributed by atoms with E-state index in [1.54, 1.807) is 0 Å². The minimum Gasteiger partial charge on any atom is -0.388 e. The molecule has 0 saturated carbocycles. The largest absolute Gasteiger partial charge is 0.388 e. The highest BCUT2D eigenvalue weighted by Crippen LogP contribution is 2.43. The van der Waals surface area contributed by atoms with Crippen molar-refractivity contribution in [2.24, 2.45) is 0 Å². The topological polar surface area (TPSA) is 182 Å². The van der Waals surface area contributed by atoms with E-state index in [9.17, 15) is 29.5 Å². The van der Waals surface area contributed by atoms with Crippen LogP contribution in [0.3, 0.4) is 0 Å². The molecule has 1 aliphatic heterocycles. The molecule has 1 unspecified atom stereocenters. The number of hydrogen-bond donors (Lipinski definition) is 6.